The summed E-state index contributed by atoms with van der Waals surface area (Å²) < 4.78 is 13.7. The lowest BCUT2D eigenvalue weighted by Crippen LogP contribution is -2.48. The van der Waals surface area contributed by atoms with E-state index in [9.17, 15) is 4.39 Å². The molecule has 2 saturated heterocycles. The predicted octanol–water partition coefficient (Wildman–Crippen LogP) is 3.64. The van der Waals surface area contributed by atoms with Crippen LogP contribution >= 0.6 is 0 Å². The Hall–Kier alpha value is -0.110. The van der Waals surface area contributed by atoms with E-state index in [1.807, 2.05) is 0 Å². The van der Waals surface area contributed by atoms with Crippen LogP contribution in [0.5, 0.6) is 0 Å². The van der Waals surface area contributed by atoms with Crippen LogP contribution in [0.25, 0.3) is 0 Å². The van der Waals surface area contributed by atoms with Crippen LogP contribution in [0, 0.1) is 16.7 Å². The van der Waals surface area contributed by atoms with Crippen molar-refractivity contribution in [2.24, 2.45) is 16.7 Å². The second-order valence-corrected chi connectivity index (χ2v) is 7.90. The minimum Gasteiger partial charge on any atom is -0.296 e. The van der Waals surface area contributed by atoms with E-state index >= 15 is 0 Å². The third-order valence-electron chi connectivity index (χ3n) is 5.86. The zero-order valence-electron chi connectivity index (χ0n) is 11.7. The van der Waals surface area contributed by atoms with Crippen LogP contribution in [0.1, 0.15) is 53.4 Å². The molecule has 98 valence electrons. The van der Waals surface area contributed by atoms with Crippen LogP contribution in [0.4, 0.5) is 4.39 Å². The maximum atomic E-state index is 13.7. The van der Waals surface area contributed by atoms with Crippen LogP contribution in [0.15, 0.2) is 0 Å². The number of fused-ring (bicyclic) bond motifs is 1. The van der Waals surface area contributed by atoms with E-state index in [2.05, 4.69) is 32.6 Å². The third kappa shape index (κ3) is 1.46. The molecule has 0 amide bonds. The summed E-state index contributed by atoms with van der Waals surface area (Å²) in [6.45, 7) is 11.7. The molecule has 2 heterocycles. The van der Waals surface area contributed by atoms with E-state index in [1.54, 1.807) is 0 Å². The SMILES string of the molecule is CC(C)C[C@]12CC3(C[C@@H]3F)CN1CCC2(C)C. The molecule has 17 heavy (non-hydrogen) atoms. The molecule has 0 radical (unpaired) electrons. The molecule has 0 aromatic rings. The molecular weight excluding hydrogens is 213 g/mol. The van der Waals surface area contributed by atoms with Gasteiger partial charge in [0.2, 0.25) is 0 Å². The van der Waals surface area contributed by atoms with Gasteiger partial charge in [-0.25, -0.2) is 4.39 Å². The van der Waals surface area contributed by atoms with Gasteiger partial charge >= 0.3 is 0 Å². The topological polar surface area (TPSA) is 3.24 Å². The Bertz CT molecular complexity index is 338. The molecule has 1 saturated carbocycles. The van der Waals surface area contributed by atoms with E-state index in [-0.39, 0.29) is 5.41 Å². The maximum Gasteiger partial charge on any atom is 0.108 e. The van der Waals surface area contributed by atoms with Gasteiger partial charge in [-0.15, -0.1) is 0 Å². The number of hydrogen-bond donors (Lipinski definition) is 0. The highest BCUT2D eigenvalue weighted by Gasteiger charge is 2.70. The highest BCUT2D eigenvalue weighted by atomic mass is 19.1. The highest BCUT2D eigenvalue weighted by Crippen LogP contribution is 2.67. The normalized spacial score (nSPS) is 48.0. The Kier molecular flexibility index (Phi) is 2.29. The molecule has 1 aliphatic carbocycles. The van der Waals surface area contributed by atoms with Crippen molar-refractivity contribution in [3.8, 4) is 0 Å². The van der Waals surface area contributed by atoms with Crippen LogP contribution in [0.2, 0.25) is 0 Å². The van der Waals surface area contributed by atoms with Crippen LogP contribution in [-0.2, 0) is 0 Å². The Morgan fingerprint density at radius 3 is 2.53 bits per heavy atom. The standard InChI is InChI=1S/C15H26FN/c1-11(2)7-15-9-14(8-12(14)16)10-17(15)6-5-13(15,3)4/h11-12H,5-10H2,1-4H3/t12-,14?,15+/m0/s1. The minimum absolute atomic E-state index is 0.0621. The van der Waals surface area contributed by atoms with Gasteiger partial charge in [0.05, 0.1) is 0 Å². The first kappa shape index (κ1) is 12.0. The first-order chi connectivity index (χ1) is 7.81. The molecule has 1 unspecified atom stereocenters. The molecule has 3 fully saturated rings. The van der Waals surface area contributed by atoms with Crippen LogP contribution in [-0.4, -0.2) is 29.7 Å². The van der Waals surface area contributed by atoms with Crippen molar-refractivity contribution >= 4 is 0 Å². The number of rotatable bonds is 2. The number of nitrogens with zero attached hydrogens (tertiary/aromatic N) is 1. The van der Waals surface area contributed by atoms with E-state index in [4.69, 9.17) is 0 Å². The van der Waals surface area contributed by atoms with Crippen molar-refractivity contribution in [3.05, 3.63) is 0 Å². The molecule has 0 aromatic carbocycles. The van der Waals surface area contributed by atoms with Gasteiger partial charge in [0.1, 0.15) is 6.17 Å². The molecule has 1 spiro atoms. The molecule has 0 aromatic heterocycles. The lowest BCUT2D eigenvalue weighted by Gasteiger charge is -2.44. The summed E-state index contributed by atoms with van der Waals surface area (Å²) in [5, 5.41) is 0. The summed E-state index contributed by atoms with van der Waals surface area (Å²) in [4.78, 5) is 2.65. The molecule has 2 heteroatoms. The van der Waals surface area contributed by atoms with E-state index in [0.717, 1.165) is 19.4 Å². The van der Waals surface area contributed by atoms with Gasteiger partial charge in [-0.3, -0.25) is 4.90 Å². The summed E-state index contributed by atoms with van der Waals surface area (Å²) in [6, 6.07) is 0. The van der Waals surface area contributed by atoms with Crippen LogP contribution < -0.4 is 0 Å². The summed E-state index contributed by atoms with van der Waals surface area (Å²) >= 11 is 0. The second-order valence-electron chi connectivity index (χ2n) is 7.90. The third-order valence-corrected chi connectivity index (χ3v) is 5.86. The van der Waals surface area contributed by atoms with Gasteiger partial charge in [0, 0.05) is 17.5 Å². The smallest absolute Gasteiger partial charge is 0.108 e. The average Bonchev–Trinajstić information content (AvgIpc) is 2.57. The number of hydrogen-bond acceptors (Lipinski definition) is 1. The highest BCUT2D eigenvalue weighted by molar-refractivity contribution is 5.22. The Morgan fingerprint density at radius 2 is 2.00 bits per heavy atom. The Morgan fingerprint density at radius 1 is 1.35 bits per heavy atom. The number of alkyl halides is 1. The van der Waals surface area contributed by atoms with Gasteiger partial charge in [-0.2, -0.15) is 0 Å². The quantitative estimate of drug-likeness (QED) is 0.711. The molecule has 1 nitrogen and oxygen atoms in total. The van der Waals surface area contributed by atoms with Gasteiger partial charge in [-0.05, 0) is 43.6 Å². The van der Waals surface area contributed by atoms with E-state index < -0.39 is 6.17 Å². The maximum absolute atomic E-state index is 13.7. The predicted molar refractivity (Wildman–Crippen MR) is 68.7 cm³/mol. The first-order valence-corrected chi connectivity index (χ1v) is 7.21. The van der Waals surface area contributed by atoms with Crippen LogP contribution in [0.3, 0.4) is 0 Å². The van der Waals surface area contributed by atoms with Crippen molar-refractivity contribution in [2.75, 3.05) is 13.1 Å². The fourth-order valence-electron chi connectivity index (χ4n) is 4.69. The molecule has 2 aliphatic heterocycles. The van der Waals surface area contributed by atoms with E-state index in [0.29, 0.717) is 16.9 Å². The first-order valence-electron chi connectivity index (χ1n) is 7.21. The summed E-state index contributed by atoms with van der Waals surface area (Å²) in [6.07, 6.45) is 3.97. The Labute approximate surface area is 105 Å². The van der Waals surface area contributed by atoms with Crippen molar-refractivity contribution in [1.29, 1.82) is 0 Å². The molecule has 3 atom stereocenters. The summed E-state index contributed by atoms with van der Waals surface area (Å²) in [5.41, 5.74) is 0.720. The van der Waals surface area contributed by atoms with Gasteiger partial charge in [-0.1, -0.05) is 27.7 Å². The number of halogens is 1. The van der Waals surface area contributed by atoms with E-state index in [1.165, 1.54) is 19.4 Å². The van der Waals surface area contributed by atoms with Crippen molar-refractivity contribution in [1.82, 2.24) is 4.90 Å². The fraction of sp³-hybridized carbons (Fsp3) is 1.00. The summed E-state index contributed by atoms with van der Waals surface area (Å²) in [7, 11) is 0. The fourth-order valence-corrected chi connectivity index (χ4v) is 4.69. The monoisotopic (exact) mass is 239 g/mol. The van der Waals surface area contributed by atoms with Gasteiger partial charge in [0.15, 0.2) is 0 Å². The van der Waals surface area contributed by atoms with Crippen molar-refractivity contribution in [3.63, 3.8) is 0 Å². The largest absolute Gasteiger partial charge is 0.296 e. The average molecular weight is 239 g/mol. The van der Waals surface area contributed by atoms with Crippen molar-refractivity contribution in [2.45, 2.75) is 65.1 Å². The molecular formula is C15H26FN. The zero-order chi connectivity index (χ0) is 12.5. The molecule has 0 N–H and O–H groups in total. The Balaban J connectivity index is 1.93. The van der Waals surface area contributed by atoms with Gasteiger partial charge < -0.3 is 0 Å². The molecule has 3 aliphatic rings. The lowest BCUT2D eigenvalue weighted by molar-refractivity contribution is 0.0691. The zero-order valence-corrected chi connectivity index (χ0v) is 11.7. The molecule has 3 rings (SSSR count). The minimum atomic E-state index is -0.507. The lowest BCUT2D eigenvalue weighted by atomic mass is 9.66. The van der Waals surface area contributed by atoms with Crippen molar-refractivity contribution < 1.29 is 4.39 Å². The molecule has 0 bridgehead atoms. The van der Waals surface area contributed by atoms with Gasteiger partial charge in [0.25, 0.3) is 0 Å². The summed E-state index contributed by atoms with van der Waals surface area (Å²) in [5.74, 6) is 0.710. The second kappa shape index (κ2) is 3.26.